The highest BCUT2D eigenvalue weighted by atomic mass is 16.5. The number of allylic oxidation sites excluding steroid dienone is 1. The number of hydrogen-bond acceptors (Lipinski definition) is 1. The molecule has 0 saturated carbocycles. The third kappa shape index (κ3) is 1.88. The van der Waals surface area contributed by atoms with Gasteiger partial charge in [0, 0.05) is 16.3 Å². The molecule has 1 heterocycles. The van der Waals surface area contributed by atoms with Crippen molar-refractivity contribution in [1.29, 1.82) is 0 Å². The van der Waals surface area contributed by atoms with E-state index >= 15 is 0 Å². The van der Waals surface area contributed by atoms with Gasteiger partial charge in [0.15, 0.2) is 0 Å². The fourth-order valence-corrected chi connectivity index (χ4v) is 2.83. The van der Waals surface area contributed by atoms with Crippen molar-refractivity contribution in [1.82, 2.24) is 4.98 Å². The van der Waals surface area contributed by atoms with Crippen molar-refractivity contribution in [3.63, 3.8) is 0 Å². The van der Waals surface area contributed by atoms with E-state index in [0.717, 1.165) is 12.2 Å². The largest absolute Gasteiger partial charge is 0.494 e. The summed E-state index contributed by atoms with van der Waals surface area (Å²) in [5.41, 5.74) is 4.84. The molecule has 1 aromatic heterocycles. The summed E-state index contributed by atoms with van der Waals surface area (Å²) < 4.78 is 5.80. The molecule has 0 spiro atoms. The van der Waals surface area contributed by atoms with Crippen molar-refractivity contribution in [2.24, 2.45) is 0 Å². The summed E-state index contributed by atoms with van der Waals surface area (Å²) in [6, 6.07) is 10.5. The Labute approximate surface area is 119 Å². The number of nitrogens with one attached hydrogen (secondary N) is 1. The smallest absolute Gasteiger partial charge is 0.123 e. The van der Waals surface area contributed by atoms with Crippen LogP contribution in [0.3, 0.4) is 0 Å². The topological polar surface area (TPSA) is 25.0 Å². The molecule has 0 bridgehead atoms. The quantitative estimate of drug-likeness (QED) is 0.676. The lowest BCUT2D eigenvalue weighted by Gasteiger charge is -2.12. The highest BCUT2D eigenvalue weighted by Gasteiger charge is 2.14. The Morgan fingerprint density at radius 2 is 2.05 bits per heavy atom. The molecule has 0 aliphatic heterocycles. The number of para-hydroxylation sites is 1. The Kier molecular flexibility index (Phi) is 3.23. The first kappa shape index (κ1) is 12.8. The van der Waals surface area contributed by atoms with Crippen LogP contribution < -0.4 is 4.74 Å². The summed E-state index contributed by atoms with van der Waals surface area (Å²) in [4.78, 5) is 3.54. The van der Waals surface area contributed by atoms with E-state index in [-0.39, 0.29) is 0 Å². The molecule has 3 rings (SSSR count). The number of rotatable bonds is 4. The second-order valence-corrected chi connectivity index (χ2v) is 5.00. The fraction of sp³-hybridized carbons (Fsp3) is 0.222. The number of benzene rings is 2. The first-order chi connectivity index (χ1) is 9.76. The summed E-state index contributed by atoms with van der Waals surface area (Å²) in [5.74, 6) is 0.974. The molecule has 0 saturated heterocycles. The Bertz CT molecular complexity index is 783. The predicted octanol–water partition coefficient (Wildman–Crippen LogP) is 4.76. The monoisotopic (exact) mass is 265 g/mol. The molecule has 2 aromatic carbocycles. The number of ether oxygens (including phenoxy) is 1. The lowest BCUT2D eigenvalue weighted by Crippen LogP contribution is -1.98. The Morgan fingerprint density at radius 1 is 1.25 bits per heavy atom. The molecule has 102 valence electrons. The van der Waals surface area contributed by atoms with E-state index in [1.54, 1.807) is 0 Å². The summed E-state index contributed by atoms with van der Waals surface area (Å²) in [5, 5.41) is 2.47. The number of fused-ring (bicyclic) bond motifs is 3. The highest BCUT2D eigenvalue weighted by molar-refractivity contribution is 6.09. The van der Waals surface area contributed by atoms with Crippen molar-refractivity contribution in [3.05, 3.63) is 54.1 Å². The molecule has 0 aliphatic rings. The van der Waals surface area contributed by atoms with Gasteiger partial charge in [-0.1, -0.05) is 24.3 Å². The van der Waals surface area contributed by atoms with Gasteiger partial charge in [-0.2, -0.15) is 0 Å². The fourth-order valence-electron chi connectivity index (χ4n) is 2.83. The second kappa shape index (κ2) is 5.04. The lowest BCUT2D eigenvalue weighted by atomic mass is 10.00. The Balaban J connectivity index is 2.41. The average Bonchev–Trinajstić information content (AvgIpc) is 2.82. The maximum Gasteiger partial charge on any atom is 0.123 e. The van der Waals surface area contributed by atoms with Crippen LogP contribution in [-0.4, -0.2) is 11.6 Å². The summed E-state index contributed by atoms with van der Waals surface area (Å²) in [6.45, 7) is 8.70. The van der Waals surface area contributed by atoms with Crippen LogP contribution in [0.25, 0.3) is 21.8 Å². The van der Waals surface area contributed by atoms with Gasteiger partial charge in [0.1, 0.15) is 5.75 Å². The van der Waals surface area contributed by atoms with Crippen LogP contribution in [0, 0.1) is 6.92 Å². The molecule has 0 fully saturated rings. The maximum absolute atomic E-state index is 5.80. The van der Waals surface area contributed by atoms with E-state index in [1.807, 2.05) is 13.0 Å². The number of aromatic nitrogens is 1. The molecule has 0 atom stereocenters. The lowest BCUT2D eigenvalue weighted by molar-refractivity contribution is 0.338. The minimum absolute atomic E-state index is 0.683. The van der Waals surface area contributed by atoms with Gasteiger partial charge in [0.25, 0.3) is 0 Å². The zero-order valence-electron chi connectivity index (χ0n) is 12.0. The van der Waals surface area contributed by atoms with Crippen LogP contribution in [0.2, 0.25) is 0 Å². The van der Waals surface area contributed by atoms with Gasteiger partial charge in [-0.25, -0.2) is 0 Å². The van der Waals surface area contributed by atoms with Gasteiger partial charge in [0.2, 0.25) is 0 Å². The summed E-state index contributed by atoms with van der Waals surface area (Å²) in [6.07, 6.45) is 2.79. The number of H-pyrrole nitrogens is 1. The molecule has 2 nitrogen and oxygen atoms in total. The first-order valence-corrected chi connectivity index (χ1v) is 7.02. The van der Waals surface area contributed by atoms with Crippen LogP contribution >= 0.6 is 0 Å². The molecule has 0 radical (unpaired) electrons. The standard InChI is InChI=1S/C18H19NO/c1-4-8-13-12(3)17(20-5-2)11-15-14-9-6-7-10-16(14)19-18(13)15/h4,6-7,9-11,19H,1,5,8H2,2-3H3. The molecule has 3 aromatic rings. The van der Waals surface area contributed by atoms with E-state index in [9.17, 15) is 0 Å². The van der Waals surface area contributed by atoms with E-state index < -0.39 is 0 Å². The Hall–Kier alpha value is -2.22. The molecule has 0 amide bonds. The maximum atomic E-state index is 5.80. The molecule has 0 aliphatic carbocycles. The van der Waals surface area contributed by atoms with Gasteiger partial charge < -0.3 is 9.72 Å². The molecule has 20 heavy (non-hydrogen) atoms. The molecule has 1 N–H and O–H groups in total. The molecular weight excluding hydrogens is 246 g/mol. The minimum Gasteiger partial charge on any atom is -0.494 e. The van der Waals surface area contributed by atoms with Crippen molar-refractivity contribution < 1.29 is 4.74 Å². The minimum atomic E-state index is 0.683. The van der Waals surface area contributed by atoms with Crippen LogP contribution in [0.4, 0.5) is 0 Å². The van der Waals surface area contributed by atoms with Gasteiger partial charge in [-0.3, -0.25) is 0 Å². The third-order valence-electron chi connectivity index (χ3n) is 3.79. The van der Waals surface area contributed by atoms with Crippen molar-refractivity contribution in [2.75, 3.05) is 6.61 Å². The Morgan fingerprint density at radius 3 is 2.80 bits per heavy atom. The summed E-state index contributed by atoms with van der Waals surface area (Å²) in [7, 11) is 0. The van der Waals surface area contributed by atoms with Gasteiger partial charge >= 0.3 is 0 Å². The summed E-state index contributed by atoms with van der Waals surface area (Å²) >= 11 is 0. The average molecular weight is 265 g/mol. The molecule has 0 unspecified atom stereocenters. The van der Waals surface area contributed by atoms with Gasteiger partial charge in [0.05, 0.1) is 12.1 Å². The van der Waals surface area contributed by atoms with Crippen molar-refractivity contribution in [3.8, 4) is 5.75 Å². The second-order valence-electron chi connectivity index (χ2n) is 5.00. The van der Waals surface area contributed by atoms with Gasteiger partial charge in [-0.05, 0) is 43.5 Å². The molecular formula is C18H19NO. The third-order valence-corrected chi connectivity index (χ3v) is 3.79. The van der Waals surface area contributed by atoms with Gasteiger partial charge in [-0.15, -0.1) is 6.58 Å². The van der Waals surface area contributed by atoms with E-state index in [1.165, 1.54) is 32.9 Å². The van der Waals surface area contributed by atoms with Crippen molar-refractivity contribution in [2.45, 2.75) is 20.3 Å². The molecule has 2 heteroatoms. The number of aromatic amines is 1. The normalized spacial score (nSPS) is 11.1. The van der Waals surface area contributed by atoms with E-state index in [4.69, 9.17) is 4.74 Å². The van der Waals surface area contributed by atoms with Crippen LogP contribution in [0.1, 0.15) is 18.1 Å². The van der Waals surface area contributed by atoms with E-state index in [2.05, 4.69) is 48.8 Å². The van der Waals surface area contributed by atoms with Crippen LogP contribution in [0.15, 0.2) is 43.0 Å². The van der Waals surface area contributed by atoms with E-state index in [0.29, 0.717) is 6.61 Å². The first-order valence-electron chi connectivity index (χ1n) is 7.02. The SMILES string of the molecule is C=CCc1c(C)c(OCC)cc2c1[nH]c1ccccc12. The zero-order chi connectivity index (χ0) is 14.1. The van der Waals surface area contributed by atoms with Crippen LogP contribution in [0.5, 0.6) is 5.75 Å². The van der Waals surface area contributed by atoms with Crippen molar-refractivity contribution >= 4 is 21.8 Å². The highest BCUT2D eigenvalue weighted by Crippen LogP contribution is 2.35. The predicted molar refractivity (Wildman–Crippen MR) is 85.6 cm³/mol. The zero-order valence-corrected chi connectivity index (χ0v) is 12.0. The number of hydrogen-bond donors (Lipinski definition) is 1. The van der Waals surface area contributed by atoms with Crippen LogP contribution in [-0.2, 0) is 6.42 Å².